The molecule has 1 atom stereocenters. The first-order valence-electron chi connectivity index (χ1n) is 12.5. The molecule has 0 aliphatic carbocycles. The highest BCUT2D eigenvalue weighted by atomic mass is 127. The molecule has 1 unspecified atom stereocenters. The van der Waals surface area contributed by atoms with Crippen molar-refractivity contribution < 1.29 is 28.5 Å². The van der Waals surface area contributed by atoms with E-state index in [1.807, 2.05) is 57.2 Å². The fourth-order valence-electron chi connectivity index (χ4n) is 4.36. The summed E-state index contributed by atoms with van der Waals surface area (Å²) in [6, 6.07) is 15.9. The summed E-state index contributed by atoms with van der Waals surface area (Å²) in [5.41, 5.74) is 3.23. The van der Waals surface area contributed by atoms with Gasteiger partial charge in [0.25, 0.3) is 0 Å². The summed E-state index contributed by atoms with van der Waals surface area (Å²) in [6.45, 7) is 8.60. The lowest BCUT2D eigenvalue weighted by Gasteiger charge is -2.32. The van der Waals surface area contributed by atoms with E-state index in [1.54, 1.807) is 23.2 Å². The van der Waals surface area contributed by atoms with Crippen molar-refractivity contribution in [1.82, 2.24) is 0 Å². The Bertz CT molecular complexity index is 1270. The predicted molar refractivity (Wildman–Crippen MR) is 167 cm³/mol. The van der Waals surface area contributed by atoms with E-state index in [0.29, 0.717) is 36.2 Å². The Morgan fingerprint density at radius 3 is 2.33 bits per heavy atom. The van der Waals surface area contributed by atoms with Crippen molar-refractivity contribution in [2.75, 3.05) is 26.6 Å². The van der Waals surface area contributed by atoms with Crippen LogP contribution in [0.1, 0.15) is 63.5 Å². The van der Waals surface area contributed by atoms with Crippen molar-refractivity contribution in [1.29, 1.82) is 0 Å². The molecule has 0 bridgehead atoms. The molecule has 0 aliphatic heterocycles. The van der Waals surface area contributed by atoms with Gasteiger partial charge in [0, 0.05) is 23.5 Å². The van der Waals surface area contributed by atoms with E-state index in [-0.39, 0.29) is 17.7 Å². The van der Waals surface area contributed by atoms with Crippen molar-refractivity contribution in [3.63, 3.8) is 0 Å². The molecular formula is C30H35IO6S2. The highest BCUT2D eigenvalue weighted by Gasteiger charge is 2.42. The van der Waals surface area contributed by atoms with Crippen LogP contribution in [-0.4, -0.2) is 38.3 Å². The average molecular weight is 683 g/mol. The lowest BCUT2D eigenvalue weighted by Crippen LogP contribution is -2.34. The van der Waals surface area contributed by atoms with Gasteiger partial charge in [-0.2, -0.15) is 0 Å². The number of methoxy groups -OCH3 is 2. The van der Waals surface area contributed by atoms with E-state index < -0.39 is 5.41 Å². The molecule has 210 valence electrons. The van der Waals surface area contributed by atoms with Gasteiger partial charge in [0.2, 0.25) is 0 Å². The van der Waals surface area contributed by atoms with Gasteiger partial charge in [-0.1, -0.05) is 39.3 Å². The van der Waals surface area contributed by atoms with Gasteiger partial charge in [0.1, 0.15) is 23.0 Å². The number of aryl methyl sites for hydroxylation is 1. The summed E-state index contributed by atoms with van der Waals surface area (Å²) in [5, 5.41) is 0. The van der Waals surface area contributed by atoms with E-state index in [2.05, 4.69) is 33.3 Å². The minimum Gasteiger partial charge on any atom is -0.497 e. The van der Waals surface area contributed by atoms with Crippen LogP contribution in [0.25, 0.3) is 0 Å². The predicted octanol–water partition coefficient (Wildman–Crippen LogP) is 7.78. The maximum Gasteiger partial charge on any atom is 0.312 e. The third-order valence-electron chi connectivity index (χ3n) is 6.57. The van der Waals surface area contributed by atoms with Crippen molar-refractivity contribution >= 4 is 53.2 Å². The number of hydrogen-bond acceptors (Lipinski definition) is 8. The maximum absolute atomic E-state index is 13.4. The molecule has 3 rings (SSSR count). The molecule has 0 saturated carbocycles. The van der Waals surface area contributed by atoms with Crippen molar-refractivity contribution in [3.8, 4) is 11.5 Å². The summed E-state index contributed by atoms with van der Waals surface area (Å²) in [5.74, 6) is 1.33. The third kappa shape index (κ3) is 7.99. The quantitative estimate of drug-likeness (QED) is 0.0745. The van der Waals surface area contributed by atoms with Crippen LogP contribution in [0.3, 0.4) is 0 Å². The standard InChI is InChI=1S/C30H35IO6S2/c1-19-7-10-22(15-23(19)18-36-17-21-8-11-24(34-5)12-9-21)27(30(3,4)29(33)37-13-14-38-31)26-16-25(35-6)28(39-26)20(2)32/h7-12,15-16,27H,13-14,17-18H2,1-6H3. The summed E-state index contributed by atoms with van der Waals surface area (Å²) >= 11 is 3.56. The molecule has 1 heterocycles. The summed E-state index contributed by atoms with van der Waals surface area (Å²) in [4.78, 5) is 27.1. The normalized spacial score (nSPS) is 12.2. The molecule has 0 radical (unpaired) electrons. The second-order valence-corrected chi connectivity index (χ2v) is 13.3. The monoisotopic (exact) mass is 682 g/mol. The van der Waals surface area contributed by atoms with Gasteiger partial charge < -0.3 is 18.9 Å². The van der Waals surface area contributed by atoms with Crippen LogP contribution >= 0.6 is 41.5 Å². The van der Waals surface area contributed by atoms with Gasteiger partial charge in [-0.05, 0) is 82.4 Å². The zero-order chi connectivity index (χ0) is 28.6. The van der Waals surface area contributed by atoms with Crippen LogP contribution < -0.4 is 9.47 Å². The SMILES string of the molecule is COc1ccc(COCc2cc(C(c3cc(OC)c(C(C)=O)s3)C(C)(C)C(=O)OCCSI)ccc2C)cc1. The number of carbonyl (C=O) groups is 2. The number of Topliss-reactive ketones (excluding diaryl/α,β-unsaturated/α-hetero) is 1. The Hall–Kier alpha value is -2.08. The molecule has 3 aromatic rings. The first-order chi connectivity index (χ1) is 18.6. The second kappa shape index (κ2) is 14.5. The highest BCUT2D eigenvalue weighted by molar-refractivity contribution is 14.2. The van der Waals surface area contributed by atoms with Crippen molar-refractivity contribution in [2.24, 2.45) is 5.41 Å². The zero-order valence-corrected chi connectivity index (χ0v) is 27.0. The summed E-state index contributed by atoms with van der Waals surface area (Å²) < 4.78 is 22.5. The minimum absolute atomic E-state index is 0.0715. The number of esters is 1. The summed E-state index contributed by atoms with van der Waals surface area (Å²) in [7, 11) is 4.80. The third-order valence-corrected chi connectivity index (χ3v) is 9.50. The molecular weight excluding hydrogens is 647 g/mol. The van der Waals surface area contributed by atoms with Gasteiger partial charge in [-0.25, -0.2) is 0 Å². The lowest BCUT2D eigenvalue weighted by molar-refractivity contribution is -0.154. The van der Waals surface area contributed by atoms with E-state index >= 15 is 0 Å². The van der Waals surface area contributed by atoms with Crippen LogP contribution in [0.5, 0.6) is 11.5 Å². The Balaban J connectivity index is 1.95. The second-order valence-electron chi connectivity index (χ2n) is 9.73. The summed E-state index contributed by atoms with van der Waals surface area (Å²) in [6.07, 6.45) is 0. The van der Waals surface area contributed by atoms with E-state index in [0.717, 1.165) is 32.9 Å². The maximum atomic E-state index is 13.4. The van der Waals surface area contributed by atoms with Gasteiger partial charge >= 0.3 is 5.97 Å². The van der Waals surface area contributed by atoms with Crippen LogP contribution in [-0.2, 0) is 27.5 Å². The Kier molecular flexibility index (Phi) is 11.7. The Morgan fingerprint density at radius 1 is 1.03 bits per heavy atom. The fourth-order valence-corrected chi connectivity index (χ4v) is 6.39. The number of hydrogen-bond donors (Lipinski definition) is 0. The number of ketones is 1. The minimum atomic E-state index is -0.906. The molecule has 0 spiro atoms. The molecule has 2 aromatic carbocycles. The number of ether oxygens (including phenoxy) is 4. The molecule has 39 heavy (non-hydrogen) atoms. The molecule has 0 N–H and O–H groups in total. The van der Waals surface area contributed by atoms with Crippen LogP contribution in [0, 0.1) is 12.3 Å². The smallest absolute Gasteiger partial charge is 0.312 e. The van der Waals surface area contributed by atoms with Crippen molar-refractivity contribution in [3.05, 3.63) is 80.5 Å². The van der Waals surface area contributed by atoms with Crippen LogP contribution in [0.4, 0.5) is 0 Å². The van der Waals surface area contributed by atoms with E-state index in [1.165, 1.54) is 18.3 Å². The number of thiophene rings is 1. The molecule has 0 saturated heterocycles. The zero-order valence-electron chi connectivity index (χ0n) is 23.2. The molecule has 1 aromatic heterocycles. The molecule has 0 aliphatic rings. The fraction of sp³-hybridized carbons (Fsp3) is 0.400. The topological polar surface area (TPSA) is 71.1 Å². The van der Waals surface area contributed by atoms with Crippen LogP contribution in [0.15, 0.2) is 48.5 Å². The van der Waals surface area contributed by atoms with Gasteiger partial charge in [-0.15, -0.1) is 11.3 Å². The first-order valence-corrected chi connectivity index (χ1v) is 16.9. The highest BCUT2D eigenvalue weighted by Crippen LogP contribution is 2.47. The Labute approximate surface area is 251 Å². The van der Waals surface area contributed by atoms with E-state index in [9.17, 15) is 9.59 Å². The number of benzene rings is 2. The van der Waals surface area contributed by atoms with Gasteiger partial charge in [0.15, 0.2) is 5.78 Å². The van der Waals surface area contributed by atoms with E-state index in [4.69, 9.17) is 18.9 Å². The molecule has 0 amide bonds. The first kappa shape index (κ1) is 31.4. The number of carbonyl (C=O) groups excluding carboxylic acids is 2. The van der Waals surface area contributed by atoms with Crippen molar-refractivity contribution in [2.45, 2.75) is 46.8 Å². The molecule has 0 fully saturated rings. The van der Waals surface area contributed by atoms with Gasteiger partial charge in [0.05, 0.1) is 32.8 Å². The number of halogens is 1. The largest absolute Gasteiger partial charge is 0.497 e. The van der Waals surface area contributed by atoms with Gasteiger partial charge in [-0.3, -0.25) is 9.59 Å². The number of rotatable bonds is 14. The van der Waals surface area contributed by atoms with Crippen LogP contribution in [0.2, 0.25) is 0 Å². The average Bonchev–Trinajstić information content (AvgIpc) is 3.35. The Morgan fingerprint density at radius 2 is 1.74 bits per heavy atom. The molecule has 9 heteroatoms. The lowest BCUT2D eigenvalue weighted by atomic mass is 9.73. The molecule has 6 nitrogen and oxygen atoms in total.